The summed E-state index contributed by atoms with van der Waals surface area (Å²) in [6.45, 7) is 3.15. The van der Waals surface area contributed by atoms with Gasteiger partial charge in [0.25, 0.3) is 0 Å². The first kappa shape index (κ1) is 14.7. The molecule has 1 N–H and O–H groups in total. The van der Waals surface area contributed by atoms with E-state index in [0.717, 1.165) is 0 Å². The maximum Gasteiger partial charge on any atom is 0.236 e. The number of nitrogens with one attached hydrogen (secondary N) is 1. The van der Waals surface area contributed by atoms with Crippen molar-refractivity contribution in [3.63, 3.8) is 0 Å². The standard InChI is InChI=1S/C11H12N4O3S2/c1-6(16)8-3-20-11(13-8)14-10(17)5-19-4-9-12-7(2)18-15-9/h3H,4-5H2,1-2H3,(H,13,14,17). The van der Waals surface area contributed by atoms with E-state index in [9.17, 15) is 9.59 Å². The zero-order valence-corrected chi connectivity index (χ0v) is 12.5. The molecule has 0 aliphatic heterocycles. The fourth-order valence-corrected chi connectivity index (χ4v) is 2.71. The van der Waals surface area contributed by atoms with Crippen LogP contribution in [0, 0.1) is 6.92 Å². The van der Waals surface area contributed by atoms with Crippen LogP contribution >= 0.6 is 23.1 Å². The van der Waals surface area contributed by atoms with Gasteiger partial charge >= 0.3 is 0 Å². The van der Waals surface area contributed by atoms with Crippen LogP contribution in [0.1, 0.15) is 29.1 Å². The van der Waals surface area contributed by atoms with Gasteiger partial charge in [-0.3, -0.25) is 9.59 Å². The number of hydrogen-bond acceptors (Lipinski definition) is 8. The van der Waals surface area contributed by atoms with Crippen molar-refractivity contribution in [3.8, 4) is 0 Å². The predicted octanol–water partition coefficient (Wildman–Crippen LogP) is 1.91. The molecule has 0 saturated heterocycles. The zero-order chi connectivity index (χ0) is 14.5. The second-order valence-corrected chi connectivity index (χ2v) is 5.71. The molecule has 20 heavy (non-hydrogen) atoms. The number of ketones is 1. The van der Waals surface area contributed by atoms with E-state index in [2.05, 4.69) is 20.4 Å². The second kappa shape index (κ2) is 6.62. The van der Waals surface area contributed by atoms with E-state index >= 15 is 0 Å². The van der Waals surface area contributed by atoms with Crippen molar-refractivity contribution in [2.45, 2.75) is 19.6 Å². The van der Waals surface area contributed by atoms with Crippen LogP contribution in [0.5, 0.6) is 0 Å². The van der Waals surface area contributed by atoms with Crippen LogP contribution in [-0.4, -0.2) is 32.6 Å². The lowest BCUT2D eigenvalue weighted by molar-refractivity contribution is -0.113. The second-order valence-electron chi connectivity index (χ2n) is 3.86. The summed E-state index contributed by atoms with van der Waals surface area (Å²) < 4.78 is 4.83. The summed E-state index contributed by atoms with van der Waals surface area (Å²) in [4.78, 5) is 30.8. The van der Waals surface area contributed by atoms with Crippen molar-refractivity contribution < 1.29 is 14.1 Å². The van der Waals surface area contributed by atoms with Crippen LogP contribution in [0.4, 0.5) is 5.13 Å². The SMILES string of the molecule is CC(=O)c1csc(NC(=O)CSCc2noc(C)n2)n1. The van der Waals surface area contributed by atoms with Gasteiger partial charge in [-0.2, -0.15) is 4.98 Å². The zero-order valence-electron chi connectivity index (χ0n) is 10.9. The molecule has 0 aliphatic rings. The van der Waals surface area contributed by atoms with E-state index in [4.69, 9.17) is 4.52 Å². The molecule has 106 valence electrons. The van der Waals surface area contributed by atoms with E-state index < -0.39 is 0 Å². The van der Waals surface area contributed by atoms with E-state index in [1.54, 1.807) is 12.3 Å². The van der Waals surface area contributed by atoms with E-state index in [1.165, 1.54) is 30.0 Å². The number of thioether (sulfide) groups is 1. The molecule has 7 nitrogen and oxygen atoms in total. The Labute approximate surface area is 123 Å². The number of nitrogens with zero attached hydrogens (tertiary/aromatic N) is 3. The molecule has 2 aromatic heterocycles. The summed E-state index contributed by atoms with van der Waals surface area (Å²) in [5.41, 5.74) is 0.361. The van der Waals surface area contributed by atoms with E-state index in [-0.39, 0.29) is 17.4 Å². The van der Waals surface area contributed by atoms with Crippen LogP contribution in [0.3, 0.4) is 0 Å². The van der Waals surface area contributed by atoms with E-state index in [1.807, 2.05) is 0 Å². The van der Waals surface area contributed by atoms with Gasteiger partial charge in [0.15, 0.2) is 16.7 Å². The third-order valence-corrected chi connectivity index (χ3v) is 3.83. The predicted molar refractivity (Wildman–Crippen MR) is 75.9 cm³/mol. The molecule has 2 aromatic rings. The van der Waals surface area contributed by atoms with Gasteiger partial charge in [0, 0.05) is 19.2 Å². The number of hydrogen-bond donors (Lipinski definition) is 1. The van der Waals surface area contributed by atoms with Crippen molar-refractivity contribution in [3.05, 3.63) is 22.8 Å². The Bertz CT molecular complexity index is 623. The van der Waals surface area contributed by atoms with Gasteiger partial charge in [0.1, 0.15) is 5.69 Å². The third-order valence-electron chi connectivity index (χ3n) is 2.15. The Morgan fingerprint density at radius 3 is 2.85 bits per heavy atom. The summed E-state index contributed by atoms with van der Waals surface area (Å²) >= 11 is 2.60. The van der Waals surface area contributed by atoms with Crippen LogP contribution in [0.2, 0.25) is 0 Å². The minimum Gasteiger partial charge on any atom is -0.340 e. The van der Waals surface area contributed by atoms with Gasteiger partial charge in [0.05, 0.1) is 11.5 Å². The smallest absolute Gasteiger partial charge is 0.236 e. The topological polar surface area (TPSA) is 98.0 Å². The highest BCUT2D eigenvalue weighted by atomic mass is 32.2. The summed E-state index contributed by atoms with van der Waals surface area (Å²) in [7, 11) is 0. The fourth-order valence-electron chi connectivity index (χ4n) is 1.28. The first-order chi connectivity index (χ1) is 9.54. The minimum atomic E-state index is -0.181. The highest BCUT2D eigenvalue weighted by Crippen LogP contribution is 2.16. The highest BCUT2D eigenvalue weighted by Gasteiger charge is 2.10. The summed E-state index contributed by atoms with van der Waals surface area (Å²) in [5.74, 6) is 1.52. The van der Waals surface area contributed by atoms with Gasteiger partial charge in [-0.05, 0) is 0 Å². The molecule has 0 spiro atoms. The number of carbonyl (C=O) groups excluding carboxylic acids is 2. The summed E-state index contributed by atoms with van der Waals surface area (Å²) in [6, 6.07) is 0. The van der Waals surface area contributed by atoms with Crippen LogP contribution in [0.25, 0.3) is 0 Å². The number of amides is 1. The van der Waals surface area contributed by atoms with Crippen molar-refractivity contribution in [2.24, 2.45) is 0 Å². The Morgan fingerprint density at radius 1 is 1.45 bits per heavy atom. The van der Waals surface area contributed by atoms with Crippen molar-refractivity contribution in [1.82, 2.24) is 15.1 Å². The molecule has 0 unspecified atom stereocenters. The fraction of sp³-hybridized carbons (Fsp3) is 0.364. The minimum absolute atomic E-state index is 0.122. The number of anilines is 1. The maximum atomic E-state index is 11.7. The first-order valence-corrected chi connectivity index (χ1v) is 7.71. The molecule has 1 amide bonds. The van der Waals surface area contributed by atoms with Gasteiger partial charge < -0.3 is 9.84 Å². The number of rotatable bonds is 6. The van der Waals surface area contributed by atoms with Crippen LogP contribution in [0.15, 0.2) is 9.90 Å². The molecule has 0 aliphatic carbocycles. The monoisotopic (exact) mass is 312 g/mol. The number of thiazole rings is 1. The van der Waals surface area contributed by atoms with Crippen LogP contribution in [-0.2, 0) is 10.5 Å². The largest absolute Gasteiger partial charge is 0.340 e. The average Bonchev–Trinajstić information content (AvgIpc) is 2.99. The molecule has 2 rings (SSSR count). The molecular formula is C11H12N4O3S2. The molecule has 0 atom stereocenters. The quantitative estimate of drug-likeness (QED) is 0.813. The Balaban J connectivity index is 1.76. The molecular weight excluding hydrogens is 300 g/mol. The molecule has 0 aromatic carbocycles. The van der Waals surface area contributed by atoms with Crippen molar-refractivity contribution >= 4 is 39.9 Å². The van der Waals surface area contributed by atoms with Gasteiger partial charge in [0.2, 0.25) is 11.8 Å². The number of aromatic nitrogens is 3. The van der Waals surface area contributed by atoms with Gasteiger partial charge in [-0.1, -0.05) is 5.16 Å². The molecule has 0 bridgehead atoms. The van der Waals surface area contributed by atoms with Crippen LogP contribution < -0.4 is 5.32 Å². The lowest BCUT2D eigenvalue weighted by atomic mass is 10.4. The summed E-state index contributed by atoms with van der Waals surface area (Å²) in [6.07, 6.45) is 0. The van der Waals surface area contributed by atoms with Gasteiger partial charge in [-0.15, -0.1) is 23.1 Å². The number of carbonyl (C=O) groups is 2. The molecule has 2 heterocycles. The van der Waals surface area contributed by atoms with Gasteiger partial charge in [-0.25, -0.2) is 4.98 Å². The first-order valence-electron chi connectivity index (χ1n) is 5.68. The lowest BCUT2D eigenvalue weighted by Gasteiger charge is -1.99. The summed E-state index contributed by atoms with van der Waals surface area (Å²) in [5, 5.41) is 8.42. The lowest BCUT2D eigenvalue weighted by Crippen LogP contribution is -2.14. The Morgan fingerprint density at radius 2 is 2.25 bits per heavy atom. The van der Waals surface area contributed by atoms with Crippen molar-refractivity contribution in [2.75, 3.05) is 11.1 Å². The Hall–Kier alpha value is -1.74. The maximum absolute atomic E-state index is 11.7. The molecule has 0 radical (unpaired) electrons. The molecule has 9 heteroatoms. The number of Topliss-reactive ketones (excluding diaryl/α,β-unsaturated/α-hetero) is 1. The normalized spacial score (nSPS) is 10.5. The number of aryl methyl sites for hydroxylation is 1. The highest BCUT2D eigenvalue weighted by molar-refractivity contribution is 7.99. The van der Waals surface area contributed by atoms with E-state index in [0.29, 0.717) is 28.3 Å². The third kappa shape index (κ3) is 4.14. The average molecular weight is 312 g/mol. The molecule has 0 saturated carbocycles. The molecule has 0 fully saturated rings. The Kier molecular flexibility index (Phi) is 4.85. The van der Waals surface area contributed by atoms with Crippen molar-refractivity contribution in [1.29, 1.82) is 0 Å².